The Bertz CT molecular complexity index is 706. The smallest absolute Gasteiger partial charge is 0.265 e. The van der Waals surface area contributed by atoms with Gasteiger partial charge in [-0.15, -0.1) is 0 Å². The van der Waals surface area contributed by atoms with E-state index in [1.54, 1.807) is 12.1 Å². The minimum absolute atomic E-state index is 0.0303. The predicted octanol–water partition coefficient (Wildman–Crippen LogP) is 2.07. The van der Waals surface area contributed by atoms with Gasteiger partial charge >= 0.3 is 0 Å². The summed E-state index contributed by atoms with van der Waals surface area (Å²) in [6.45, 7) is 0. The van der Waals surface area contributed by atoms with E-state index in [9.17, 15) is 9.59 Å². The molecule has 1 heterocycles. The normalized spacial score (nSPS) is 15.2. The second-order valence-electron chi connectivity index (χ2n) is 4.81. The fourth-order valence-electron chi connectivity index (χ4n) is 2.16. The third-order valence-electron chi connectivity index (χ3n) is 3.41. The molecule has 0 unspecified atom stereocenters. The molecule has 122 valence electrons. The molecule has 0 aromatic heterocycles. The summed E-state index contributed by atoms with van der Waals surface area (Å²) < 4.78 is 11.2. The van der Waals surface area contributed by atoms with Crippen molar-refractivity contribution < 1.29 is 19.1 Å². The Morgan fingerprint density at radius 3 is 2.13 bits per heavy atom. The second kappa shape index (κ2) is 6.67. The molecule has 1 aliphatic heterocycles. The summed E-state index contributed by atoms with van der Waals surface area (Å²) in [5.74, 6) is 0.140. The van der Waals surface area contributed by atoms with Gasteiger partial charge in [0.2, 0.25) is 0 Å². The quantitative estimate of drug-likeness (QED) is 0.443. The van der Waals surface area contributed by atoms with Crippen molar-refractivity contribution >= 4 is 51.2 Å². The molecule has 0 spiro atoms. The summed E-state index contributed by atoms with van der Waals surface area (Å²) in [6.07, 6.45) is 1.51. The minimum atomic E-state index is -0.441. The van der Waals surface area contributed by atoms with Gasteiger partial charge in [-0.05, 0) is 51.9 Å². The Hall–Kier alpha value is -1.93. The summed E-state index contributed by atoms with van der Waals surface area (Å²) in [5, 5.41) is 0.172. The molecule has 1 aliphatic rings. The number of likely N-dealkylation sites (N-methyl/N-ethyl adjacent to an activating group) is 2. The molecular weight excluding hydrogens is 384 g/mol. The van der Waals surface area contributed by atoms with Crippen LogP contribution in [-0.2, 0) is 9.59 Å². The number of methoxy groups -OCH3 is 2. The van der Waals surface area contributed by atoms with Gasteiger partial charge in [0.15, 0.2) is 16.6 Å². The van der Waals surface area contributed by atoms with Gasteiger partial charge < -0.3 is 9.47 Å². The molecule has 0 aliphatic carbocycles. The molecule has 1 fully saturated rings. The van der Waals surface area contributed by atoms with Crippen molar-refractivity contribution in [1.82, 2.24) is 9.80 Å². The maximum absolute atomic E-state index is 12.3. The zero-order valence-corrected chi connectivity index (χ0v) is 15.4. The lowest BCUT2D eigenvalue weighted by atomic mass is 10.1. The van der Waals surface area contributed by atoms with Gasteiger partial charge in [0.05, 0.1) is 18.7 Å². The third-order valence-corrected chi connectivity index (χ3v) is 4.55. The summed E-state index contributed by atoms with van der Waals surface area (Å²) in [4.78, 5) is 27.2. The lowest BCUT2D eigenvalue weighted by Gasteiger charge is -2.31. The van der Waals surface area contributed by atoms with Crippen LogP contribution >= 0.6 is 28.1 Å². The van der Waals surface area contributed by atoms with Crippen molar-refractivity contribution in [2.45, 2.75) is 0 Å². The summed E-state index contributed by atoms with van der Waals surface area (Å²) >= 11 is 8.44. The van der Waals surface area contributed by atoms with Gasteiger partial charge in [-0.2, -0.15) is 0 Å². The first-order valence-electron chi connectivity index (χ1n) is 6.55. The van der Waals surface area contributed by atoms with Crippen LogP contribution in [0, 0.1) is 0 Å². The highest BCUT2D eigenvalue weighted by Gasteiger charge is 2.35. The van der Waals surface area contributed by atoms with Crippen molar-refractivity contribution in [2.75, 3.05) is 28.3 Å². The minimum Gasteiger partial charge on any atom is -0.493 e. The van der Waals surface area contributed by atoms with Gasteiger partial charge in [0.1, 0.15) is 5.57 Å². The highest BCUT2D eigenvalue weighted by molar-refractivity contribution is 9.10. The predicted molar refractivity (Wildman–Crippen MR) is 93.4 cm³/mol. The van der Waals surface area contributed by atoms with Gasteiger partial charge in [-0.25, -0.2) is 0 Å². The van der Waals surface area contributed by atoms with Crippen molar-refractivity contribution in [1.29, 1.82) is 0 Å². The van der Waals surface area contributed by atoms with Gasteiger partial charge in [-0.3, -0.25) is 19.4 Å². The largest absolute Gasteiger partial charge is 0.493 e. The Morgan fingerprint density at radius 2 is 1.65 bits per heavy atom. The molecular formula is C15H15BrN2O4S. The molecule has 0 saturated carbocycles. The van der Waals surface area contributed by atoms with Crippen LogP contribution in [0.25, 0.3) is 6.08 Å². The molecule has 8 heteroatoms. The van der Waals surface area contributed by atoms with Crippen LogP contribution in [0.5, 0.6) is 11.5 Å². The Morgan fingerprint density at radius 1 is 1.09 bits per heavy atom. The van der Waals surface area contributed by atoms with E-state index in [-0.39, 0.29) is 10.7 Å². The maximum atomic E-state index is 12.3. The number of benzene rings is 1. The van der Waals surface area contributed by atoms with E-state index in [4.69, 9.17) is 21.7 Å². The lowest BCUT2D eigenvalue weighted by molar-refractivity contribution is -0.132. The van der Waals surface area contributed by atoms with Crippen LogP contribution in [0.15, 0.2) is 22.2 Å². The van der Waals surface area contributed by atoms with Crippen LogP contribution in [0.4, 0.5) is 0 Å². The van der Waals surface area contributed by atoms with Crippen molar-refractivity contribution in [3.05, 3.63) is 27.7 Å². The fourth-order valence-corrected chi connectivity index (χ4v) is 2.95. The van der Waals surface area contributed by atoms with Crippen LogP contribution in [0.3, 0.4) is 0 Å². The molecule has 2 amide bonds. The summed E-state index contributed by atoms with van der Waals surface area (Å²) in [6, 6.07) is 3.42. The third kappa shape index (κ3) is 3.09. The molecule has 1 aromatic rings. The molecule has 0 radical (unpaired) electrons. The highest BCUT2D eigenvalue weighted by atomic mass is 79.9. The highest BCUT2D eigenvalue weighted by Crippen LogP contribution is 2.37. The molecule has 2 rings (SSSR count). The first-order valence-corrected chi connectivity index (χ1v) is 7.75. The average Bonchev–Trinajstić information content (AvgIpc) is 2.54. The number of rotatable bonds is 3. The Balaban J connectivity index is 2.53. The van der Waals surface area contributed by atoms with Crippen LogP contribution in [0.2, 0.25) is 0 Å². The average molecular weight is 399 g/mol. The first kappa shape index (κ1) is 17.4. The zero-order chi connectivity index (χ0) is 17.3. The summed E-state index contributed by atoms with van der Waals surface area (Å²) in [7, 11) is 6.11. The molecule has 1 aromatic carbocycles. The zero-order valence-electron chi connectivity index (χ0n) is 13.0. The number of ether oxygens (including phenoxy) is 2. The molecule has 1 saturated heterocycles. The number of thiocarbonyl (C=S) groups is 1. The topological polar surface area (TPSA) is 59.1 Å². The SMILES string of the molecule is COc1cc(C=C2C(=O)N(C)C(=S)N(C)C2=O)cc(Br)c1OC. The standard InChI is InChI=1S/C15H15BrN2O4S/c1-17-13(19)9(14(20)18(2)15(17)23)5-8-6-10(16)12(22-4)11(7-8)21-3/h5-7H,1-4H3. The van der Waals surface area contributed by atoms with E-state index in [1.165, 1.54) is 44.2 Å². The Kier molecular flexibility index (Phi) is 5.06. The van der Waals surface area contributed by atoms with Gasteiger partial charge in [-0.1, -0.05) is 0 Å². The van der Waals surface area contributed by atoms with Gasteiger partial charge in [0.25, 0.3) is 11.8 Å². The fraction of sp³-hybridized carbons (Fsp3) is 0.267. The van der Waals surface area contributed by atoms with Gasteiger partial charge in [0, 0.05) is 14.1 Å². The van der Waals surface area contributed by atoms with Crippen molar-refractivity contribution in [2.24, 2.45) is 0 Å². The maximum Gasteiger partial charge on any atom is 0.265 e. The van der Waals surface area contributed by atoms with Crippen LogP contribution < -0.4 is 9.47 Å². The van der Waals surface area contributed by atoms with Crippen molar-refractivity contribution in [3.8, 4) is 11.5 Å². The van der Waals surface area contributed by atoms with E-state index >= 15 is 0 Å². The van der Waals surface area contributed by atoms with Crippen molar-refractivity contribution in [3.63, 3.8) is 0 Å². The molecule has 0 N–H and O–H groups in total. The molecule has 6 nitrogen and oxygen atoms in total. The first-order chi connectivity index (χ1) is 10.8. The van der Waals surface area contributed by atoms with Crippen LogP contribution in [-0.4, -0.2) is 55.0 Å². The molecule has 0 atom stereocenters. The summed E-state index contributed by atoms with van der Waals surface area (Å²) in [5.41, 5.74) is 0.656. The van der Waals surface area contributed by atoms with E-state index in [1.807, 2.05) is 0 Å². The number of nitrogens with zero attached hydrogens (tertiary/aromatic N) is 2. The number of hydrogen-bond acceptors (Lipinski definition) is 5. The number of amides is 2. The number of hydrogen-bond donors (Lipinski definition) is 0. The Labute approximate surface area is 147 Å². The molecule has 23 heavy (non-hydrogen) atoms. The number of carbonyl (C=O) groups is 2. The lowest BCUT2D eigenvalue weighted by Crippen LogP contribution is -2.52. The number of carbonyl (C=O) groups excluding carboxylic acids is 2. The number of halogens is 1. The van der Waals surface area contributed by atoms with E-state index in [2.05, 4.69) is 15.9 Å². The van der Waals surface area contributed by atoms with Crippen LogP contribution in [0.1, 0.15) is 5.56 Å². The second-order valence-corrected chi connectivity index (χ2v) is 6.03. The van der Waals surface area contributed by atoms with E-state index in [0.717, 1.165) is 0 Å². The van der Waals surface area contributed by atoms with E-state index in [0.29, 0.717) is 21.5 Å². The van der Waals surface area contributed by atoms with E-state index < -0.39 is 11.8 Å². The molecule has 0 bridgehead atoms. The monoisotopic (exact) mass is 398 g/mol.